The van der Waals surface area contributed by atoms with Crippen molar-refractivity contribution in [2.24, 2.45) is 0 Å². The molecule has 0 bridgehead atoms. The molecule has 1 aromatic carbocycles. The summed E-state index contributed by atoms with van der Waals surface area (Å²) < 4.78 is 5.23. The second-order valence-electron chi connectivity index (χ2n) is 3.68. The monoisotopic (exact) mass is 223 g/mol. The van der Waals surface area contributed by atoms with E-state index in [9.17, 15) is 4.79 Å². The van der Waals surface area contributed by atoms with Crippen molar-refractivity contribution in [1.29, 1.82) is 0 Å². The van der Waals surface area contributed by atoms with E-state index < -0.39 is 0 Å². The first-order valence-corrected chi connectivity index (χ1v) is 5.14. The van der Waals surface area contributed by atoms with Crippen LogP contribution in [-0.4, -0.2) is 24.7 Å². The Hall–Kier alpha value is -1.55. The van der Waals surface area contributed by atoms with Gasteiger partial charge in [-0.1, -0.05) is 6.07 Å². The molecule has 0 radical (unpaired) electrons. The molecule has 1 amide bonds. The molecule has 1 aromatic rings. The molecule has 1 rings (SSSR count). The van der Waals surface area contributed by atoms with Crippen LogP contribution in [0, 0.1) is 13.8 Å². The molecule has 0 atom stereocenters. The largest absolute Gasteiger partial charge is 0.494 e. The second-order valence-corrected chi connectivity index (χ2v) is 3.68. The summed E-state index contributed by atoms with van der Waals surface area (Å²) in [6.07, 6.45) is 0.0934. The lowest BCUT2D eigenvalue weighted by Crippen LogP contribution is -2.14. The third-order valence-corrected chi connectivity index (χ3v) is 2.24. The highest BCUT2D eigenvalue weighted by atomic mass is 16.5. The van der Waals surface area contributed by atoms with Crippen molar-refractivity contribution < 1.29 is 14.6 Å². The van der Waals surface area contributed by atoms with Crippen molar-refractivity contribution in [2.75, 3.05) is 19.0 Å². The number of amides is 1. The van der Waals surface area contributed by atoms with Gasteiger partial charge in [-0.3, -0.25) is 4.79 Å². The first-order valence-electron chi connectivity index (χ1n) is 5.14. The van der Waals surface area contributed by atoms with Crippen molar-refractivity contribution in [3.8, 4) is 5.75 Å². The third kappa shape index (κ3) is 2.97. The van der Waals surface area contributed by atoms with Crippen molar-refractivity contribution >= 4 is 11.6 Å². The minimum Gasteiger partial charge on any atom is -0.494 e. The van der Waals surface area contributed by atoms with Gasteiger partial charge in [0.15, 0.2) is 0 Å². The van der Waals surface area contributed by atoms with E-state index in [4.69, 9.17) is 9.84 Å². The number of benzene rings is 1. The van der Waals surface area contributed by atoms with Gasteiger partial charge in [0.05, 0.1) is 25.8 Å². The van der Waals surface area contributed by atoms with Crippen LogP contribution in [0.25, 0.3) is 0 Å². The van der Waals surface area contributed by atoms with Gasteiger partial charge in [0.2, 0.25) is 5.91 Å². The number of carbonyl (C=O) groups is 1. The molecule has 0 aromatic heterocycles. The lowest BCUT2D eigenvalue weighted by atomic mass is 10.1. The van der Waals surface area contributed by atoms with Crippen LogP contribution in [0.4, 0.5) is 5.69 Å². The van der Waals surface area contributed by atoms with E-state index in [1.807, 2.05) is 26.0 Å². The molecule has 0 spiro atoms. The van der Waals surface area contributed by atoms with Crippen LogP contribution < -0.4 is 10.1 Å². The van der Waals surface area contributed by atoms with Crippen molar-refractivity contribution in [1.82, 2.24) is 0 Å². The SMILES string of the molecule is COc1c(C)cc(C)cc1NC(=O)CCO. The second kappa shape index (κ2) is 5.51. The summed E-state index contributed by atoms with van der Waals surface area (Å²) in [5, 5.41) is 11.4. The number of aliphatic hydroxyl groups is 1. The summed E-state index contributed by atoms with van der Waals surface area (Å²) in [6, 6.07) is 3.83. The van der Waals surface area contributed by atoms with E-state index in [0.29, 0.717) is 11.4 Å². The highest BCUT2D eigenvalue weighted by Gasteiger charge is 2.10. The molecule has 0 heterocycles. The molecule has 0 fully saturated rings. The smallest absolute Gasteiger partial charge is 0.226 e. The Morgan fingerprint density at radius 1 is 1.44 bits per heavy atom. The Morgan fingerprint density at radius 2 is 2.12 bits per heavy atom. The summed E-state index contributed by atoms with van der Waals surface area (Å²) in [6.45, 7) is 3.72. The maximum absolute atomic E-state index is 11.4. The number of anilines is 1. The van der Waals surface area contributed by atoms with Crippen LogP contribution in [0.3, 0.4) is 0 Å². The van der Waals surface area contributed by atoms with E-state index >= 15 is 0 Å². The first kappa shape index (κ1) is 12.5. The van der Waals surface area contributed by atoms with Crippen LogP contribution in [0.5, 0.6) is 5.75 Å². The number of methoxy groups -OCH3 is 1. The zero-order valence-electron chi connectivity index (χ0n) is 9.83. The molecule has 0 saturated carbocycles. The van der Waals surface area contributed by atoms with Gasteiger partial charge in [0, 0.05) is 0 Å². The van der Waals surface area contributed by atoms with E-state index in [2.05, 4.69) is 5.32 Å². The molecule has 16 heavy (non-hydrogen) atoms. The Balaban J connectivity index is 2.97. The average molecular weight is 223 g/mol. The average Bonchev–Trinajstić information content (AvgIpc) is 2.17. The summed E-state index contributed by atoms with van der Waals surface area (Å²) in [5.41, 5.74) is 2.68. The van der Waals surface area contributed by atoms with Gasteiger partial charge in [-0.2, -0.15) is 0 Å². The molecule has 2 N–H and O–H groups in total. The Bertz CT molecular complexity index is 388. The van der Waals surface area contributed by atoms with E-state index in [1.54, 1.807) is 7.11 Å². The number of rotatable bonds is 4. The number of ether oxygens (including phenoxy) is 1. The first-order chi connectivity index (χ1) is 7.58. The van der Waals surface area contributed by atoms with Crippen molar-refractivity contribution in [2.45, 2.75) is 20.3 Å². The molecule has 0 aliphatic carbocycles. The van der Waals surface area contributed by atoms with Gasteiger partial charge in [-0.05, 0) is 31.0 Å². The fraction of sp³-hybridized carbons (Fsp3) is 0.417. The standard InChI is InChI=1S/C12H17NO3/c1-8-6-9(2)12(16-3)10(7-8)13-11(15)4-5-14/h6-7,14H,4-5H2,1-3H3,(H,13,15). The van der Waals surface area contributed by atoms with Gasteiger partial charge in [-0.25, -0.2) is 0 Å². The number of hydrogen-bond acceptors (Lipinski definition) is 3. The zero-order valence-corrected chi connectivity index (χ0v) is 9.83. The lowest BCUT2D eigenvalue weighted by Gasteiger charge is -2.13. The maximum Gasteiger partial charge on any atom is 0.226 e. The summed E-state index contributed by atoms with van der Waals surface area (Å²) in [7, 11) is 1.57. The third-order valence-electron chi connectivity index (χ3n) is 2.24. The van der Waals surface area contributed by atoms with E-state index in [-0.39, 0.29) is 18.9 Å². The minimum atomic E-state index is -0.217. The van der Waals surface area contributed by atoms with Gasteiger partial charge in [0.1, 0.15) is 5.75 Å². The molecular weight excluding hydrogens is 206 g/mol. The van der Waals surface area contributed by atoms with Crippen LogP contribution in [0.15, 0.2) is 12.1 Å². The minimum absolute atomic E-state index is 0.0934. The van der Waals surface area contributed by atoms with Gasteiger partial charge < -0.3 is 15.2 Å². The summed E-state index contributed by atoms with van der Waals surface area (Å²) in [5.74, 6) is 0.447. The van der Waals surface area contributed by atoms with Gasteiger partial charge >= 0.3 is 0 Å². The molecule has 4 nitrogen and oxygen atoms in total. The topological polar surface area (TPSA) is 58.6 Å². The fourth-order valence-corrected chi connectivity index (χ4v) is 1.63. The Labute approximate surface area is 95.2 Å². The predicted molar refractivity (Wildman–Crippen MR) is 62.8 cm³/mol. The number of carbonyl (C=O) groups excluding carboxylic acids is 1. The molecule has 88 valence electrons. The van der Waals surface area contributed by atoms with Crippen LogP contribution in [-0.2, 0) is 4.79 Å². The number of aliphatic hydroxyl groups excluding tert-OH is 1. The molecule has 0 aliphatic heterocycles. The molecule has 0 aliphatic rings. The zero-order chi connectivity index (χ0) is 12.1. The number of aryl methyl sites for hydroxylation is 2. The molecule has 0 saturated heterocycles. The van der Waals surface area contributed by atoms with Crippen LogP contribution in [0.2, 0.25) is 0 Å². The van der Waals surface area contributed by atoms with Crippen molar-refractivity contribution in [3.63, 3.8) is 0 Å². The van der Waals surface area contributed by atoms with Gasteiger partial charge in [-0.15, -0.1) is 0 Å². The van der Waals surface area contributed by atoms with Crippen LogP contribution >= 0.6 is 0 Å². The molecule has 4 heteroatoms. The summed E-state index contributed by atoms with van der Waals surface area (Å²) in [4.78, 5) is 11.4. The fourth-order valence-electron chi connectivity index (χ4n) is 1.63. The summed E-state index contributed by atoms with van der Waals surface area (Å²) >= 11 is 0. The van der Waals surface area contributed by atoms with E-state index in [0.717, 1.165) is 11.1 Å². The molecule has 0 unspecified atom stereocenters. The maximum atomic E-state index is 11.4. The van der Waals surface area contributed by atoms with E-state index in [1.165, 1.54) is 0 Å². The lowest BCUT2D eigenvalue weighted by molar-refractivity contribution is -0.116. The number of nitrogens with one attached hydrogen (secondary N) is 1. The van der Waals surface area contributed by atoms with Crippen molar-refractivity contribution in [3.05, 3.63) is 23.3 Å². The predicted octanol–water partition coefficient (Wildman–Crippen LogP) is 1.63. The molecular formula is C12H17NO3. The Morgan fingerprint density at radius 3 is 2.69 bits per heavy atom. The number of hydrogen-bond donors (Lipinski definition) is 2. The quantitative estimate of drug-likeness (QED) is 0.815. The highest BCUT2D eigenvalue weighted by Crippen LogP contribution is 2.29. The Kier molecular flexibility index (Phi) is 4.31. The normalized spacial score (nSPS) is 10.0. The van der Waals surface area contributed by atoms with Crippen LogP contribution in [0.1, 0.15) is 17.5 Å². The highest BCUT2D eigenvalue weighted by molar-refractivity contribution is 5.92. The van der Waals surface area contributed by atoms with Gasteiger partial charge in [0.25, 0.3) is 0 Å².